The van der Waals surface area contributed by atoms with E-state index in [1.165, 1.54) is 34.1 Å². The van der Waals surface area contributed by atoms with E-state index in [0.29, 0.717) is 49.1 Å². The first-order valence-corrected chi connectivity index (χ1v) is 32.0. The summed E-state index contributed by atoms with van der Waals surface area (Å²) in [6, 6.07) is 54.2. The van der Waals surface area contributed by atoms with Crippen molar-refractivity contribution in [3.8, 4) is 0 Å². The van der Waals surface area contributed by atoms with Gasteiger partial charge in [0, 0.05) is 64.4 Å². The van der Waals surface area contributed by atoms with Gasteiger partial charge in [-0.25, -0.2) is 8.42 Å². The third-order valence-corrected chi connectivity index (χ3v) is 19.9. The molecule has 3 saturated heterocycles. The minimum absolute atomic E-state index is 0.0664. The van der Waals surface area contributed by atoms with Crippen molar-refractivity contribution in [2.45, 2.75) is 133 Å². The highest BCUT2D eigenvalue weighted by Crippen LogP contribution is 2.43. The van der Waals surface area contributed by atoms with Gasteiger partial charge in [-0.2, -0.15) is 0 Å². The number of hydrogen-bond acceptors (Lipinski definition) is 8. The maximum absolute atomic E-state index is 13.0. The quantitative estimate of drug-likeness (QED) is 0.0703. The van der Waals surface area contributed by atoms with Crippen molar-refractivity contribution in [2.24, 2.45) is 0 Å². The number of Topliss-reactive ketones (excluding diaryl/α,β-unsaturated/α-hetero) is 1. The molecule has 420 valence electrons. The number of thiol groups is 1. The highest BCUT2D eigenvalue weighted by molar-refractivity contribution is 14.1. The summed E-state index contributed by atoms with van der Waals surface area (Å²) in [5, 5.41) is 3.00. The van der Waals surface area contributed by atoms with E-state index < -0.39 is 20.7 Å². The number of ether oxygens (including phenoxy) is 3. The molecular weight excluding hydrogens is 1240 g/mol. The standard InChI is InChI=1S/C19H21ClO3S.C19H21ClOS.C12H14ClIO.C8H7ClO.C7H8S/c1-14-4-3-5-17(12-14)24(21,22)18-10-11-23-19(2,13-18)15-6-8-16(20)9-7-15;1-14-4-3-5-17(12-14)22-18-10-11-21-19(2,13-18)15-6-8-16(20)9-7-15;1-12(8-11(14)6-7-15-12)9-2-4-10(13)5-3-9;1-6(10)7-2-4-8(9)5-3-7;1-6-3-2-4-7(8)5-6/h3-9,12,18H,10-11,13H2,1-2H3;3-9,12,18H,10-11,13H2,1-2H3;2-5,11H,6-8H2,1H3;2-5H,1H3;2-5,8H,1H3. The van der Waals surface area contributed by atoms with Crippen LogP contribution in [0.4, 0.5) is 0 Å². The van der Waals surface area contributed by atoms with Crippen LogP contribution in [0.2, 0.25) is 20.1 Å². The molecule has 3 aliphatic rings. The summed E-state index contributed by atoms with van der Waals surface area (Å²) in [6.07, 6.45) is 5.30. The molecule has 0 radical (unpaired) electrons. The van der Waals surface area contributed by atoms with E-state index in [9.17, 15) is 13.2 Å². The van der Waals surface area contributed by atoms with Crippen LogP contribution in [0.3, 0.4) is 0 Å². The lowest BCUT2D eigenvalue weighted by Gasteiger charge is -2.38. The highest BCUT2D eigenvalue weighted by Gasteiger charge is 2.41. The monoisotopic (exact) mass is 1310 g/mol. The Morgan fingerprint density at radius 3 is 1.41 bits per heavy atom. The van der Waals surface area contributed by atoms with Gasteiger partial charge in [-0.1, -0.05) is 153 Å². The van der Waals surface area contributed by atoms with Crippen LogP contribution in [0, 0.1) is 20.8 Å². The van der Waals surface area contributed by atoms with Gasteiger partial charge >= 0.3 is 0 Å². The number of hydrogen-bond donors (Lipinski definition) is 1. The second kappa shape index (κ2) is 30.3. The first-order valence-electron chi connectivity index (χ1n) is 26.4. The highest BCUT2D eigenvalue weighted by atomic mass is 127. The van der Waals surface area contributed by atoms with E-state index in [0.717, 1.165) is 65.0 Å². The molecule has 10 rings (SSSR count). The second-order valence-corrected chi connectivity index (χ2v) is 28.4. The van der Waals surface area contributed by atoms with Crippen molar-refractivity contribution in [1.29, 1.82) is 0 Å². The molecule has 3 fully saturated rings. The average molecular weight is 1310 g/mol. The molecule has 14 heteroatoms. The molecule has 3 heterocycles. The molecule has 7 aromatic rings. The number of sulfone groups is 1. The Hall–Kier alpha value is -3.37. The number of alkyl halides is 1. The Balaban J connectivity index is 0.000000168. The van der Waals surface area contributed by atoms with Crippen LogP contribution in [-0.4, -0.2) is 48.4 Å². The third-order valence-electron chi connectivity index (χ3n) is 14.1. The van der Waals surface area contributed by atoms with E-state index >= 15 is 0 Å². The first kappa shape index (κ1) is 64.8. The normalized spacial score (nSPS) is 22.6. The van der Waals surface area contributed by atoms with E-state index in [-0.39, 0.29) is 17.0 Å². The molecule has 0 aliphatic carbocycles. The number of halogens is 5. The molecule has 6 nitrogen and oxygen atoms in total. The average Bonchev–Trinajstić information content (AvgIpc) is 3.44. The number of ketones is 1. The molecule has 3 aliphatic heterocycles. The number of thioether (sulfide) groups is 1. The van der Waals surface area contributed by atoms with Gasteiger partial charge in [0.1, 0.15) is 0 Å². The summed E-state index contributed by atoms with van der Waals surface area (Å²) >= 11 is 32.1. The van der Waals surface area contributed by atoms with Crippen molar-refractivity contribution in [2.75, 3.05) is 19.8 Å². The molecule has 0 bridgehead atoms. The summed E-state index contributed by atoms with van der Waals surface area (Å²) in [5.41, 5.74) is 6.66. The number of aryl methyl sites for hydroxylation is 3. The first-order chi connectivity index (χ1) is 37.4. The number of carbonyl (C=O) groups is 1. The molecule has 6 atom stereocenters. The van der Waals surface area contributed by atoms with Crippen LogP contribution in [-0.2, 0) is 40.9 Å². The molecule has 79 heavy (non-hydrogen) atoms. The summed E-state index contributed by atoms with van der Waals surface area (Å²) in [7, 11) is -3.38. The zero-order valence-corrected chi connectivity index (χ0v) is 53.6. The number of carbonyl (C=O) groups excluding carboxylic acids is 1. The molecule has 7 aromatic carbocycles. The molecule has 0 N–H and O–H groups in total. The van der Waals surface area contributed by atoms with Crippen LogP contribution in [0.15, 0.2) is 185 Å². The molecule has 0 aromatic heterocycles. The fraction of sp³-hybridized carbons (Fsp3) is 0.338. The van der Waals surface area contributed by atoms with E-state index in [1.807, 2.05) is 98.4 Å². The fourth-order valence-electron chi connectivity index (χ4n) is 9.57. The van der Waals surface area contributed by atoms with Gasteiger partial charge in [-0.15, -0.1) is 24.4 Å². The lowest BCUT2D eigenvalue weighted by molar-refractivity contribution is -0.0685. The lowest BCUT2D eigenvalue weighted by Crippen LogP contribution is -2.40. The zero-order chi connectivity index (χ0) is 57.4. The minimum atomic E-state index is -3.38. The third kappa shape index (κ3) is 19.9. The van der Waals surface area contributed by atoms with E-state index in [4.69, 9.17) is 60.6 Å². The number of rotatable bonds is 8. The Morgan fingerprint density at radius 1 is 0.544 bits per heavy atom. The topological polar surface area (TPSA) is 78.9 Å². The predicted octanol–water partition coefficient (Wildman–Crippen LogP) is 19.3. The van der Waals surface area contributed by atoms with Gasteiger partial charge in [0.25, 0.3) is 0 Å². The zero-order valence-electron chi connectivity index (χ0n) is 45.9. The van der Waals surface area contributed by atoms with E-state index in [1.54, 1.807) is 42.5 Å². The van der Waals surface area contributed by atoms with Crippen LogP contribution in [0.25, 0.3) is 0 Å². The largest absolute Gasteiger partial charge is 0.371 e. The summed E-state index contributed by atoms with van der Waals surface area (Å²) in [4.78, 5) is 13.5. The van der Waals surface area contributed by atoms with Gasteiger partial charge in [0.2, 0.25) is 0 Å². The molecule has 0 saturated carbocycles. The van der Waals surface area contributed by atoms with Crippen molar-refractivity contribution in [3.05, 3.63) is 229 Å². The van der Waals surface area contributed by atoms with Crippen LogP contribution < -0.4 is 0 Å². The van der Waals surface area contributed by atoms with Crippen molar-refractivity contribution in [1.82, 2.24) is 0 Å². The molecule has 6 unspecified atom stereocenters. The van der Waals surface area contributed by atoms with Gasteiger partial charge < -0.3 is 14.2 Å². The van der Waals surface area contributed by atoms with Gasteiger partial charge in [-0.05, 0) is 206 Å². The molecule has 0 amide bonds. The Kier molecular flexibility index (Phi) is 24.8. The van der Waals surface area contributed by atoms with Crippen molar-refractivity contribution < 1.29 is 27.4 Å². The van der Waals surface area contributed by atoms with Crippen LogP contribution in [0.1, 0.15) is 110 Å². The summed E-state index contributed by atoms with van der Waals surface area (Å²) in [5.74, 6) is 0.0664. The summed E-state index contributed by atoms with van der Waals surface area (Å²) < 4.78 is 44.8. The minimum Gasteiger partial charge on any atom is -0.371 e. The SMILES string of the molecule is CC(=O)c1ccc(Cl)cc1.CC1(c2ccc(Cl)cc2)CC(I)CCO1.Cc1cccc(S(=O)(=O)C2CCOC(C)(c3ccc(Cl)cc3)C2)c1.Cc1cccc(S)c1.Cc1cccc(SC2CCOC(C)(c3ccc(Cl)cc3)C2)c1. The summed E-state index contributed by atoms with van der Waals surface area (Å²) in [6.45, 7) is 16.0. The maximum Gasteiger partial charge on any atom is 0.181 e. The lowest BCUT2D eigenvalue weighted by atomic mass is 9.88. The number of benzene rings is 7. The van der Waals surface area contributed by atoms with Crippen molar-refractivity contribution >= 4 is 109 Å². The smallest absolute Gasteiger partial charge is 0.181 e. The Bertz CT molecular complexity index is 3150. The van der Waals surface area contributed by atoms with Crippen LogP contribution in [0.5, 0.6) is 0 Å². The van der Waals surface area contributed by atoms with E-state index in [2.05, 4.69) is 118 Å². The van der Waals surface area contributed by atoms with Gasteiger partial charge in [-0.3, -0.25) is 4.79 Å². The predicted molar refractivity (Wildman–Crippen MR) is 343 cm³/mol. The second-order valence-electron chi connectivity index (χ2n) is 20.8. The Labute approximate surface area is 513 Å². The fourth-order valence-corrected chi connectivity index (χ4v) is 14.8. The Morgan fingerprint density at radius 2 is 0.962 bits per heavy atom. The van der Waals surface area contributed by atoms with Crippen LogP contribution >= 0.6 is 93.4 Å². The molecular formula is C65H71Cl4IO6S3. The maximum atomic E-state index is 13.0. The van der Waals surface area contributed by atoms with Gasteiger partial charge in [0.05, 0.1) is 26.9 Å². The molecule has 0 spiro atoms. The van der Waals surface area contributed by atoms with Crippen molar-refractivity contribution in [3.63, 3.8) is 0 Å². The van der Waals surface area contributed by atoms with Gasteiger partial charge in [0.15, 0.2) is 15.6 Å².